The molecule has 84 valence electrons. The van der Waals surface area contributed by atoms with Crippen LogP contribution in [0.25, 0.3) is 0 Å². The predicted octanol–water partition coefficient (Wildman–Crippen LogP) is 0.684. The van der Waals surface area contributed by atoms with E-state index in [0.717, 1.165) is 31.0 Å². The third kappa shape index (κ3) is 2.35. The Morgan fingerprint density at radius 3 is 2.93 bits per heavy atom. The maximum Gasteiger partial charge on any atom is 0.112 e. The Balaban J connectivity index is 2.05. The van der Waals surface area contributed by atoms with Crippen LogP contribution >= 0.6 is 0 Å². The first kappa shape index (κ1) is 10.6. The molecule has 1 heterocycles. The van der Waals surface area contributed by atoms with Crippen LogP contribution in [0.4, 0.5) is 0 Å². The van der Waals surface area contributed by atoms with E-state index in [0.29, 0.717) is 5.92 Å². The van der Waals surface area contributed by atoms with E-state index in [2.05, 4.69) is 10.3 Å². The Morgan fingerprint density at radius 2 is 2.33 bits per heavy atom. The zero-order valence-electron chi connectivity index (χ0n) is 9.02. The van der Waals surface area contributed by atoms with Crippen LogP contribution in [-0.4, -0.2) is 33.8 Å². The fraction of sp³-hybridized carbons (Fsp3) is 0.800. The van der Waals surface area contributed by atoms with Gasteiger partial charge in [0.2, 0.25) is 0 Å². The first-order chi connectivity index (χ1) is 7.36. The molecule has 5 heteroatoms. The first-order valence-corrected chi connectivity index (χ1v) is 5.39. The molecule has 2 rings (SSSR count). The second-order valence-corrected chi connectivity index (χ2v) is 3.92. The summed E-state index contributed by atoms with van der Waals surface area (Å²) in [7, 11) is 1.70. The van der Waals surface area contributed by atoms with E-state index >= 15 is 0 Å². The molecule has 0 atom stereocenters. The lowest BCUT2D eigenvalue weighted by molar-refractivity contribution is 0.188. The van der Waals surface area contributed by atoms with E-state index in [1.165, 1.54) is 12.8 Å². The van der Waals surface area contributed by atoms with Crippen LogP contribution in [-0.2, 0) is 17.9 Å². The van der Waals surface area contributed by atoms with Gasteiger partial charge in [-0.05, 0) is 19.3 Å². The molecular weight excluding hydrogens is 194 g/mol. The fourth-order valence-corrected chi connectivity index (χ4v) is 1.80. The lowest BCUT2D eigenvalue weighted by Crippen LogP contribution is -2.07. The minimum absolute atomic E-state index is 0.00386. The number of aryl methyl sites for hydroxylation is 1. The monoisotopic (exact) mass is 211 g/mol. The first-order valence-electron chi connectivity index (χ1n) is 5.39. The summed E-state index contributed by atoms with van der Waals surface area (Å²) in [6, 6.07) is 0. The minimum Gasteiger partial charge on any atom is -0.390 e. The van der Waals surface area contributed by atoms with Gasteiger partial charge in [-0.2, -0.15) is 0 Å². The highest BCUT2D eigenvalue weighted by molar-refractivity contribution is 5.19. The summed E-state index contributed by atoms with van der Waals surface area (Å²) in [4.78, 5) is 0. The molecule has 5 nitrogen and oxygen atoms in total. The lowest BCUT2D eigenvalue weighted by Gasteiger charge is -2.05. The molecular formula is C10H17N3O2. The molecule has 0 spiro atoms. The van der Waals surface area contributed by atoms with Gasteiger partial charge in [0.1, 0.15) is 5.69 Å². The smallest absolute Gasteiger partial charge is 0.112 e. The summed E-state index contributed by atoms with van der Waals surface area (Å²) < 4.78 is 6.92. The van der Waals surface area contributed by atoms with Crippen LogP contribution in [0.2, 0.25) is 0 Å². The summed E-state index contributed by atoms with van der Waals surface area (Å²) in [6.45, 7) is 1.56. The molecule has 0 aromatic carbocycles. The molecule has 0 radical (unpaired) electrons. The molecule has 15 heavy (non-hydrogen) atoms. The Hall–Kier alpha value is -0.940. The minimum atomic E-state index is -0.00386. The second kappa shape index (κ2) is 4.72. The molecule has 1 aliphatic rings. The summed E-state index contributed by atoms with van der Waals surface area (Å²) in [5, 5.41) is 17.2. The molecule has 1 saturated carbocycles. The van der Waals surface area contributed by atoms with Crippen LogP contribution in [0, 0.1) is 0 Å². The van der Waals surface area contributed by atoms with Crippen molar-refractivity contribution < 1.29 is 9.84 Å². The van der Waals surface area contributed by atoms with E-state index in [-0.39, 0.29) is 6.61 Å². The van der Waals surface area contributed by atoms with Crippen LogP contribution in [0.3, 0.4) is 0 Å². The van der Waals surface area contributed by atoms with Crippen molar-refractivity contribution >= 4 is 0 Å². The van der Waals surface area contributed by atoms with Gasteiger partial charge in [-0.25, -0.2) is 4.68 Å². The van der Waals surface area contributed by atoms with Gasteiger partial charge in [-0.3, -0.25) is 0 Å². The number of aliphatic hydroxyl groups is 1. The third-order valence-electron chi connectivity index (χ3n) is 2.68. The SMILES string of the molecule is COCCCn1nnc(CO)c1C1CC1. The lowest BCUT2D eigenvalue weighted by atomic mass is 10.2. The zero-order chi connectivity index (χ0) is 10.7. The van der Waals surface area contributed by atoms with E-state index in [1.807, 2.05) is 4.68 Å². The average molecular weight is 211 g/mol. The van der Waals surface area contributed by atoms with E-state index in [4.69, 9.17) is 9.84 Å². The molecule has 1 aromatic heterocycles. The average Bonchev–Trinajstić information content (AvgIpc) is 3.00. The molecule has 1 aliphatic carbocycles. The summed E-state index contributed by atoms with van der Waals surface area (Å²) in [5.74, 6) is 0.574. The highest BCUT2D eigenvalue weighted by Gasteiger charge is 2.30. The number of aromatic nitrogens is 3. The van der Waals surface area contributed by atoms with Crippen molar-refractivity contribution in [3.05, 3.63) is 11.4 Å². The zero-order valence-corrected chi connectivity index (χ0v) is 9.02. The maximum absolute atomic E-state index is 9.14. The van der Waals surface area contributed by atoms with Gasteiger partial charge in [0.15, 0.2) is 0 Å². The largest absolute Gasteiger partial charge is 0.390 e. The topological polar surface area (TPSA) is 60.2 Å². The Labute approximate surface area is 89.0 Å². The standard InChI is InChI=1S/C10H17N3O2/c1-15-6-2-5-13-10(8-3-4-8)9(7-14)11-12-13/h8,14H,2-7H2,1H3. The van der Waals surface area contributed by atoms with Crippen LogP contribution in [0.1, 0.15) is 36.6 Å². The van der Waals surface area contributed by atoms with Crippen molar-refractivity contribution in [2.75, 3.05) is 13.7 Å². The van der Waals surface area contributed by atoms with Gasteiger partial charge >= 0.3 is 0 Å². The predicted molar refractivity (Wildman–Crippen MR) is 54.4 cm³/mol. The molecule has 0 aliphatic heterocycles. The normalized spacial score (nSPS) is 15.9. The Morgan fingerprint density at radius 1 is 1.53 bits per heavy atom. The number of aliphatic hydroxyl groups excluding tert-OH is 1. The highest BCUT2D eigenvalue weighted by Crippen LogP contribution is 2.41. The van der Waals surface area contributed by atoms with Crippen molar-refractivity contribution in [1.29, 1.82) is 0 Å². The summed E-state index contributed by atoms with van der Waals surface area (Å²) in [5.41, 5.74) is 1.88. The number of methoxy groups -OCH3 is 1. The fourth-order valence-electron chi connectivity index (χ4n) is 1.80. The molecule has 1 fully saturated rings. The molecule has 1 N–H and O–H groups in total. The van der Waals surface area contributed by atoms with Gasteiger partial charge in [-0.1, -0.05) is 5.21 Å². The Kier molecular flexibility index (Phi) is 3.33. The molecule has 0 saturated heterocycles. The van der Waals surface area contributed by atoms with Crippen LogP contribution < -0.4 is 0 Å². The van der Waals surface area contributed by atoms with Crippen molar-refractivity contribution in [2.24, 2.45) is 0 Å². The van der Waals surface area contributed by atoms with E-state index in [1.54, 1.807) is 7.11 Å². The molecule has 0 unspecified atom stereocenters. The van der Waals surface area contributed by atoms with Gasteiger partial charge in [0, 0.05) is 26.2 Å². The number of nitrogens with zero attached hydrogens (tertiary/aromatic N) is 3. The van der Waals surface area contributed by atoms with Gasteiger partial charge in [-0.15, -0.1) is 5.10 Å². The number of hydrogen-bond donors (Lipinski definition) is 1. The van der Waals surface area contributed by atoms with Gasteiger partial charge < -0.3 is 9.84 Å². The molecule has 0 bridgehead atoms. The summed E-state index contributed by atoms with van der Waals surface area (Å²) >= 11 is 0. The third-order valence-corrected chi connectivity index (χ3v) is 2.68. The highest BCUT2D eigenvalue weighted by atomic mass is 16.5. The number of rotatable bonds is 6. The van der Waals surface area contributed by atoms with Crippen molar-refractivity contribution in [2.45, 2.75) is 38.3 Å². The summed E-state index contributed by atoms with van der Waals surface area (Å²) in [6.07, 6.45) is 3.33. The van der Waals surface area contributed by atoms with Crippen molar-refractivity contribution in [3.8, 4) is 0 Å². The maximum atomic E-state index is 9.14. The van der Waals surface area contributed by atoms with Gasteiger partial charge in [0.05, 0.1) is 12.3 Å². The Bertz CT molecular complexity index is 320. The van der Waals surface area contributed by atoms with Crippen LogP contribution in [0.5, 0.6) is 0 Å². The quantitative estimate of drug-likeness (QED) is 0.703. The molecule has 0 amide bonds. The van der Waals surface area contributed by atoms with E-state index < -0.39 is 0 Å². The van der Waals surface area contributed by atoms with E-state index in [9.17, 15) is 0 Å². The van der Waals surface area contributed by atoms with Gasteiger partial charge in [0.25, 0.3) is 0 Å². The molecule has 1 aromatic rings. The number of ether oxygens (including phenoxy) is 1. The van der Waals surface area contributed by atoms with Crippen molar-refractivity contribution in [3.63, 3.8) is 0 Å². The van der Waals surface area contributed by atoms with Crippen LogP contribution in [0.15, 0.2) is 0 Å². The second-order valence-electron chi connectivity index (χ2n) is 3.92. The number of hydrogen-bond acceptors (Lipinski definition) is 4. The van der Waals surface area contributed by atoms with Crippen molar-refractivity contribution in [1.82, 2.24) is 15.0 Å².